The van der Waals surface area contributed by atoms with Crippen molar-refractivity contribution >= 4 is 23.2 Å². The van der Waals surface area contributed by atoms with Gasteiger partial charge in [-0.05, 0) is 42.3 Å². The first-order chi connectivity index (χ1) is 11.2. The number of carbonyl (C=O) groups is 1. The number of nitrogens with zero attached hydrogens (tertiary/aromatic N) is 3. The molecule has 2 aromatic carbocycles. The number of benzene rings is 2. The van der Waals surface area contributed by atoms with Gasteiger partial charge in [0.1, 0.15) is 12.7 Å². The Balaban J connectivity index is 1.89. The highest BCUT2D eigenvalue weighted by Crippen LogP contribution is 2.24. The number of nitrogens with one attached hydrogen (secondary N) is 1. The van der Waals surface area contributed by atoms with Crippen LogP contribution in [0.2, 0.25) is 5.02 Å². The second-order valence-corrected chi connectivity index (χ2v) is 5.44. The number of hydrogen-bond donors (Lipinski definition) is 1. The second kappa shape index (κ2) is 6.62. The lowest BCUT2D eigenvalue weighted by Crippen LogP contribution is -2.14. The van der Waals surface area contributed by atoms with Crippen LogP contribution in [0.5, 0.6) is 0 Å². The molecule has 0 fully saturated rings. The minimum Gasteiger partial charge on any atom is -0.320 e. The molecule has 3 rings (SSSR count). The molecule has 1 aromatic heterocycles. The Bertz CT molecular complexity index is 813. The van der Waals surface area contributed by atoms with E-state index in [2.05, 4.69) is 22.3 Å². The van der Waals surface area contributed by atoms with Crippen LogP contribution < -0.4 is 5.32 Å². The molecule has 23 heavy (non-hydrogen) atoms. The molecule has 0 bridgehead atoms. The number of rotatable bonds is 4. The zero-order valence-electron chi connectivity index (χ0n) is 12.5. The molecule has 0 aliphatic heterocycles. The molecule has 0 unspecified atom stereocenters. The predicted octanol–water partition coefficient (Wildman–Crippen LogP) is 3.74. The van der Waals surface area contributed by atoms with Crippen LogP contribution in [0, 0.1) is 0 Å². The van der Waals surface area contributed by atoms with Crippen molar-refractivity contribution in [3.63, 3.8) is 0 Å². The average Bonchev–Trinajstić information content (AvgIpc) is 3.09. The smallest absolute Gasteiger partial charge is 0.255 e. The quantitative estimate of drug-likeness (QED) is 0.794. The summed E-state index contributed by atoms with van der Waals surface area (Å²) in [6, 6.07) is 12.7. The summed E-state index contributed by atoms with van der Waals surface area (Å²) in [5.74, 6) is -0.198. The summed E-state index contributed by atoms with van der Waals surface area (Å²) in [7, 11) is 0. The first-order valence-electron chi connectivity index (χ1n) is 7.22. The molecule has 1 N–H and O–H groups in total. The summed E-state index contributed by atoms with van der Waals surface area (Å²) in [6.45, 7) is 2.07. The van der Waals surface area contributed by atoms with Gasteiger partial charge in [-0.3, -0.25) is 4.79 Å². The lowest BCUT2D eigenvalue weighted by Gasteiger charge is -2.11. The van der Waals surface area contributed by atoms with E-state index in [1.807, 2.05) is 24.3 Å². The lowest BCUT2D eigenvalue weighted by atomic mass is 10.1. The maximum atomic E-state index is 12.4. The van der Waals surface area contributed by atoms with Gasteiger partial charge in [0.15, 0.2) is 0 Å². The van der Waals surface area contributed by atoms with Crippen molar-refractivity contribution in [2.24, 2.45) is 0 Å². The number of hydrogen-bond acceptors (Lipinski definition) is 3. The summed E-state index contributed by atoms with van der Waals surface area (Å²) in [5, 5.41) is 7.50. The molecule has 5 nitrogen and oxygen atoms in total. The molecule has 116 valence electrons. The summed E-state index contributed by atoms with van der Waals surface area (Å²) < 4.78 is 1.58. The average molecular weight is 327 g/mol. The summed E-state index contributed by atoms with van der Waals surface area (Å²) >= 11 is 6.05. The van der Waals surface area contributed by atoms with Crippen molar-refractivity contribution in [2.75, 3.05) is 5.32 Å². The highest BCUT2D eigenvalue weighted by molar-refractivity contribution is 6.31. The van der Waals surface area contributed by atoms with Gasteiger partial charge in [0.2, 0.25) is 0 Å². The molecule has 0 saturated heterocycles. The van der Waals surface area contributed by atoms with E-state index in [4.69, 9.17) is 11.6 Å². The molecule has 0 radical (unpaired) electrons. The van der Waals surface area contributed by atoms with Crippen LogP contribution in [-0.2, 0) is 6.42 Å². The maximum absolute atomic E-state index is 12.4. The summed E-state index contributed by atoms with van der Waals surface area (Å²) in [5.41, 5.74) is 3.05. The van der Waals surface area contributed by atoms with Crippen molar-refractivity contribution in [3.8, 4) is 5.69 Å². The number of aromatic nitrogens is 3. The van der Waals surface area contributed by atoms with Crippen molar-refractivity contribution < 1.29 is 4.79 Å². The molecule has 1 amide bonds. The first-order valence-corrected chi connectivity index (χ1v) is 7.60. The Morgan fingerprint density at radius 2 is 2.00 bits per heavy atom. The van der Waals surface area contributed by atoms with Gasteiger partial charge in [-0.2, -0.15) is 5.10 Å². The third-order valence-electron chi connectivity index (χ3n) is 3.50. The van der Waals surface area contributed by atoms with Crippen LogP contribution in [-0.4, -0.2) is 20.7 Å². The van der Waals surface area contributed by atoms with Crippen LogP contribution in [0.3, 0.4) is 0 Å². The van der Waals surface area contributed by atoms with Crippen LogP contribution in [0.1, 0.15) is 22.8 Å². The Morgan fingerprint density at radius 3 is 2.65 bits per heavy atom. The van der Waals surface area contributed by atoms with E-state index in [9.17, 15) is 4.79 Å². The first kappa shape index (κ1) is 15.2. The molecule has 0 aliphatic rings. The molecule has 0 atom stereocenters. The SMILES string of the molecule is CCc1ccc(C(=O)Nc2cc(Cl)ccc2-n2cncn2)cc1. The van der Waals surface area contributed by atoms with Gasteiger partial charge >= 0.3 is 0 Å². The zero-order chi connectivity index (χ0) is 16.2. The van der Waals surface area contributed by atoms with Gasteiger partial charge in [-0.1, -0.05) is 30.7 Å². The number of amides is 1. The lowest BCUT2D eigenvalue weighted by molar-refractivity contribution is 0.102. The standard InChI is InChI=1S/C17H15ClN4O/c1-2-12-3-5-13(6-4-12)17(23)21-15-9-14(18)7-8-16(15)22-11-19-10-20-22/h3-11H,2H2,1H3,(H,21,23). The molecule has 0 aliphatic carbocycles. The Kier molecular flexibility index (Phi) is 4.39. The van der Waals surface area contributed by atoms with Crippen LogP contribution in [0.4, 0.5) is 5.69 Å². The van der Waals surface area contributed by atoms with Crippen LogP contribution >= 0.6 is 11.6 Å². The molecule has 0 saturated carbocycles. The Labute approximate surface area is 138 Å². The van der Waals surface area contributed by atoms with E-state index in [-0.39, 0.29) is 5.91 Å². The van der Waals surface area contributed by atoms with E-state index in [0.29, 0.717) is 22.0 Å². The fourth-order valence-corrected chi connectivity index (χ4v) is 2.40. The van der Waals surface area contributed by atoms with Gasteiger partial charge < -0.3 is 5.32 Å². The Hall–Kier alpha value is -2.66. The zero-order valence-corrected chi connectivity index (χ0v) is 13.3. The highest BCUT2D eigenvalue weighted by Gasteiger charge is 2.11. The van der Waals surface area contributed by atoms with Crippen molar-refractivity contribution in [3.05, 3.63) is 71.3 Å². The van der Waals surface area contributed by atoms with Gasteiger partial charge in [0.25, 0.3) is 5.91 Å². The van der Waals surface area contributed by atoms with Gasteiger partial charge in [0, 0.05) is 10.6 Å². The van der Waals surface area contributed by atoms with Crippen LogP contribution in [0.25, 0.3) is 5.69 Å². The molecule has 6 heteroatoms. The number of aryl methyl sites for hydroxylation is 1. The summed E-state index contributed by atoms with van der Waals surface area (Å²) in [6.07, 6.45) is 3.94. The minimum absolute atomic E-state index is 0.198. The second-order valence-electron chi connectivity index (χ2n) is 5.01. The number of anilines is 1. The van der Waals surface area contributed by atoms with Crippen molar-refractivity contribution in [2.45, 2.75) is 13.3 Å². The molecule has 1 heterocycles. The van der Waals surface area contributed by atoms with Gasteiger partial charge in [-0.25, -0.2) is 9.67 Å². The normalized spacial score (nSPS) is 10.5. The third-order valence-corrected chi connectivity index (χ3v) is 3.73. The number of carbonyl (C=O) groups excluding carboxylic acids is 1. The van der Waals surface area contributed by atoms with E-state index in [1.165, 1.54) is 11.9 Å². The monoisotopic (exact) mass is 326 g/mol. The van der Waals surface area contributed by atoms with Crippen molar-refractivity contribution in [1.29, 1.82) is 0 Å². The molecule has 3 aromatic rings. The molecular formula is C17H15ClN4O. The largest absolute Gasteiger partial charge is 0.320 e. The maximum Gasteiger partial charge on any atom is 0.255 e. The van der Waals surface area contributed by atoms with E-state index < -0.39 is 0 Å². The molecule has 0 spiro atoms. The van der Waals surface area contributed by atoms with E-state index >= 15 is 0 Å². The minimum atomic E-state index is -0.198. The topological polar surface area (TPSA) is 59.8 Å². The van der Waals surface area contributed by atoms with Crippen molar-refractivity contribution in [1.82, 2.24) is 14.8 Å². The van der Waals surface area contributed by atoms with Crippen LogP contribution in [0.15, 0.2) is 55.1 Å². The number of halogens is 1. The fraction of sp³-hybridized carbons (Fsp3) is 0.118. The van der Waals surface area contributed by atoms with Gasteiger partial charge in [0.05, 0.1) is 11.4 Å². The highest BCUT2D eigenvalue weighted by atomic mass is 35.5. The summed E-state index contributed by atoms with van der Waals surface area (Å²) in [4.78, 5) is 16.4. The Morgan fingerprint density at radius 1 is 1.22 bits per heavy atom. The van der Waals surface area contributed by atoms with E-state index in [1.54, 1.807) is 29.2 Å². The predicted molar refractivity (Wildman–Crippen MR) is 90.1 cm³/mol. The molecular weight excluding hydrogens is 312 g/mol. The fourth-order valence-electron chi connectivity index (χ4n) is 2.23. The van der Waals surface area contributed by atoms with E-state index in [0.717, 1.165) is 6.42 Å². The third kappa shape index (κ3) is 3.40. The van der Waals surface area contributed by atoms with Gasteiger partial charge in [-0.15, -0.1) is 0 Å².